The lowest BCUT2D eigenvalue weighted by molar-refractivity contribution is -0.198. The normalized spacial score (nSPS) is 61.0. The van der Waals surface area contributed by atoms with E-state index in [0.29, 0.717) is 17.8 Å². The van der Waals surface area contributed by atoms with Gasteiger partial charge in [-0.05, 0) is 37.5 Å². The molecule has 0 aromatic heterocycles. The second-order valence-corrected chi connectivity index (χ2v) is 4.83. The van der Waals surface area contributed by atoms with Gasteiger partial charge in [0.05, 0.1) is 5.92 Å². The molecular weight excluding hydrogens is 152 g/mol. The smallest absolute Gasteiger partial charge is 0.309 e. The van der Waals surface area contributed by atoms with Gasteiger partial charge in [-0.15, -0.1) is 0 Å². The van der Waals surface area contributed by atoms with E-state index in [1.807, 2.05) is 0 Å². The summed E-state index contributed by atoms with van der Waals surface area (Å²) >= 11 is 0. The first kappa shape index (κ1) is 6.93. The molecule has 2 saturated carbocycles. The fraction of sp³-hybridized carbons (Fsp3) is 0.900. The van der Waals surface area contributed by atoms with Crippen molar-refractivity contribution >= 4 is 5.97 Å². The minimum atomic E-state index is -0.101. The van der Waals surface area contributed by atoms with Crippen molar-refractivity contribution in [2.75, 3.05) is 0 Å². The number of hydrogen-bond acceptors (Lipinski definition) is 2. The monoisotopic (exact) mass is 166 g/mol. The Balaban J connectivity index is 2.10. The number of esters is 1. The summed E-state index contributed by atoms with van der Waals surface area (Å²) in [5, 5.41) is 0. The average Bonchev–Trinajstić information content (AvgIpc) is 2.48. The lowest BCUT2D eigenvalue weighted by Crippen LogP contribution is -2.53. The van der Waals surface area contributed by atoms with Gasteiger partial charge in [0.25, 0.3) is 0 Å². The van der Waals surface area contributed by atoms with Crippen LogP contribution in [0.4, 0.5) is 0 Å². The molecule has 0 amide bonds. The minimum Gasteiger partial charge on any atom is -0.459 e. The third kappa shape index (κ3) is 0.511. The van der Waals surface area contributed by atoms with Gasteiger partial charge in [-0.2, -0.15) is 0 Å². The summed E-state index contributed by atoms with van der Waals surface area (Å²) in [7, 11) is 0. The van der Waals surface area contributed by atoms with E-state index in [-0.39, 0.29) is 17.5 Å². The molecule has 2 heteroatoms. The number of fused-ring (bicyclic) bond motifs is 1. The van der Waals surface area contributed by atoms with Gasteiger partial charge in [-0.25, -0.2) is 0 Å². The summed E-state index contributed by atoms with van der Waals surface area (Å²) in [6.45, 7) is 4.36. The first-order chi connectivity index (χ1) is 5.63. The Morgan fingerprint density at radius 2 is 2.25 bits per heavy atom. The van der Waals surface area contributed by atoms with Crippen molar-refractivity contribution in [1.29, 1.82) is 0 Å². The van der Waals surface area contributed by atoms with Gasteiger partial charge in [-0.3, -0.25) is 4.79 Å². The summed E-state index contributed by atoms with van der Waals surface area (Å²) in [4.78, 5) is 11.4. The molecule has 2 aliphatic carbocycles. The highest BCUT2D eigenvalue weighted by atomic mass is 16.6. The lowest BCUT2D eigenvalue weighted by Gasteiger charge is -2.47. The predicted molar refractivity (Wildman–Crippen MR) is 43.4 cm³/mol. The maximum absolute atomic E-state index is 11.4. The van der Waals surface area contributed by atoms with Crippen molar-refractivity contribution in [3.63, 3.8) is 0 Å². The molecule has 4 fully saturated rings. The van der Waals surface area contributed by atoms with Gasteiger partial charge < -0.3 is 4.74 Å². The molecule has 0 aromatic carbocycles. The largest absolute Gasteiger partial charge is 0.459 e. The van der Waals surface area contributed by atoms with Gasteiger partial charge in [0.15, 0.2) is 0 Å². The van der Waals surface area contributed by atoms with Gasteiger partial charge in [0, 0.05) is 0 Å². The average molecular weight is 166 g/mol. The summed E-state index contributed by atoms with van der Waals surface area (Å²) in [5.74, 6) is 2.24. The second kappa shape index (κ2) is 1.70. The maximum Gasteiger partial charge on any atom is 0.309 e. The van der Waals surface area contributed by atoms with Crippen LogP contribution in [0.25, 0.3) is 0 Å². The van der Waals surface area contributed by atoms with Crippen LogP contribution in [0.15, 0.2) is 0 Å². The van der Waals surface area contributed by atoms with Gasteiger partial charge in [0.2, 0.25) is 0 Å². The van der Waals surface area contributed by atoms with E-state index in [1.54, 1.807) is 0 Å². The Morgan fingerprint density at radius 1 is 1.50 bits per heavy atom. The van der Waals surface area contributed by atoms with E-state index < -0.39 is 0 Å². The highest BCUT2D eigenvalue weighted by Gasteiger charge is 2.65. The molecule has 2 heterocycles. The van der Waals surface area contributed by atoms with Crippen molar-refractivity contribution in [2.24, 2.45) is 23.7 Å². The predicted octanol–water partition coefficient (Wildman–Crippen LogP) is 1.59. The first-order valence-electron chi connectivity index (χ1n) is 4.86. The fourth-order valence-corrected chi connectivity index (χ4v) is 3.63. The summed E-state index contributed by atoms with van der Waals surface area (Å²) < 4.78 is 5.50. The van der Waals surface area contributed by atoms with Crippen molar-refractivity contribution in [3.8, 4) is 0 Å². The summed E-state index contributed by atoms with van der Waals surface area (Å²) in [6, 6.07) is 0. The molecule has 4 aliphatic rings. The molecular formula is C10H14O2. The zero-order chi connectivity index (χ0) is 8.51. The van der Waals surface area contributed by atoms with Crippen LogP contribution in [-0.4, -0.2) is 11.6 Å². The SMILES string of the molecule is CC1C2CC3CC2C(=O)OC31C. The van der Waals surface area contributed by atoms with E-state index in [4.69, 9.17) is 4.74 Å². The molecule has 0 N–H and O–H groups in total. The Hall–Kier alpha value is -0.530. The van der Waals surface area contributed by atoms with Gasteiger partial charge in [0.1, 0.15) is 5.60 Å². The molecule has 66 valence electrons. The van der Waals surface area contributed by atoms with E-state index in [1.165, 1.54) is 6.42 Å². The van der Waals surface area contributed by atoms with E-state index in [2.05, 4.69) is 13.8 Å². The van der Waals surface area contributed by atoms with Crippen molar-refractivity contribution in [1.82, 2.24) is 0 Å². The summed E-state index contributed by atoms with van der Waals surface area (Å²) in [5.41, 5.74) is -0.101. The van der Waals surface area contributed by atoms with Crippen LogP contribution >= 0.6 is 0 Å². The number of carbonyl (C=O) groups is 1. The Bertz CT molecular complexity index is 257. The number of ether oxygens (including phenoxy) is 1. The molecule has 2 saturated heterocycles. The quantitative estimate of drug-likeness (QED) is 0.511. The van der Waals surface area contributed by atoms with Crippen LogP contribution in [0.5, 0.6) is 0 Å². The molecule has 0 radical (unpaired) electrons. The van der Waals surface area contributed by atoms with E-state index in [9.17, 15) is 4.79 Å². The van der Waals surface area contributed by atoms with Crippen LogP contribution in [0.2, 0.25) is 0 Å². The topological polar surface area (TPSA) is 26.3 Å². The van der Waals surface area contributed by atoms with E-state index >= 15 is 0 Å². The highest BCUT2D eigenvalue weighted by Crippen LogP contribution is 2.62. The van der Waals surface area contributed by atoms with Gasteiger partial charge >= 0.3 is 5.97 Å². The fourth-order valence-electron chi connectivity index (χ4n) is 3.63. The van der Waals surface area contributed by atoms with Crippen LogP contribution in [0.1, 0.15) is 26.7 Å². The third-order valence-corrected chi connectivity index (χ3v) is 4.59. The van der Waals surface area contributed by atoms with Gasteiger partial charge in [-0.1, -0.05) is 6.92 Å². The zero-order valence-corrected chi connectivity index (χ0v) is 7.54. The van der Waals surface area contributed by atoms with E-state index in [0.717, 1.165) is 6.42 Å². The molecule has 4 rings (SSSR count). The summed E-state index contributed by atoms with van der Waals surface area (Å²) in [6.07, 6.45) is 2.33. The maximum atomic E-state index is 11.4. The molecule has 2 nitrogen and oxygen atoms in total. The highest BCUT2D eigenvalue weighted by molar-refractivity contribution is 5.76. The molecule has 2 aliphatic heterocycles. The van der Waals surface area contributed by atoms with Crippen molar-refractivity contribution in [3.05, 3.63) is 0 Å². The first-order valence-corrected chi connectivity index (χ1v) is 4.86. The number of carbonyl (C=O) groups excluding carboxylic acids is 1. The molecule has 12 heavy (non-hydrogen) atoms. The Morgan fingerprint density at radius 3 is 2.83 bits per heavy atom. The molecule has 4 bridgehead atoms. The number of rotatable bonds is 0. The van der Waals surface area contributed by atoms with Crippen LogP contribution in [-0.2, 0) is 9.53 Å². The van der Waals surface area contributed by atoms with Crippen molar-refractivity contribution < 1.29 is 9.53 Å². The minimum absolute atomic E-state index is 0.0781. The molecule has 5 unspecified atom stereocenters. The lowest BCUT2D eigenvalue weighted by atomic mass is 9.70. The number of hydrogen-bond donors (Lipinski definition) is 0. The molecule has 0 spiro atoms. The van der Waals surface area contributed by atoms with Crippen LogP contribution in [0, 0.1) is 23.7 Å². The second-order valence-electron chi connectivity index (χ2n) is 4.83. The molecule has 5 atom stereocenters. The molecule has 0 aromatic rings. The zero-order valence-electron chi connectivity index (χ0n) is 7.54. The Kier molecular flexibility index (Phi) is 0.984. The van der Waals surface area contributed by atoms with Crippen LogP contribution < -0.4 is 0 Å². The Labute approximate surface area is 72.3 Å². The van der Waals surface area contributed by atoms with Crippen molar-refractivity contribution in [2.45, 2.75) is 32.3 Å². The van der Waals surface area contributed by atoms with Crippen LogP contribution in [0.3, 0.4) is 0 Å². The third-order valence-electron chi connectivity index (χ3n) is 4.59. The standard InChI is InChI=1S/C10H14O2/c1-5-7-3-6-4-8(7)9(11)12-10(5,6)2/h5-8H,3-4H2,1-2H3.